The third kappa shape index (κ3) is 16.1. The average molecular weight is 1270 g/mol. The number of nitrogens with one attached hydrogen (secondary N) is 2. The second kappa shape index (κ2) is 27.4. The molecule has 9 N–H and O–H groups in total. The summed E-state index contributed by atoms with van der Waals surface area (Å²) in [5, 5.41) is 35.3. The molecule has 2 aromatic carbocycles. The van der Waals surface area contributed by atoms with Gasteiger partial charge in [-0.05, 0) is 93.5 Å². The van der Waals surface area contributed by atoms with Gasteiger partial charge in [-0.25, -0.2) is 41.7 Å². The lowest BCUT2D eigenvalue weighted by Gasteiger charge is -2.27. The molecule has 0 aliphatic carbocycles. The van der Waals surface area contributed by atoms with Crippen molar-refractivity contribution < 1.29 is 93.6 Å². The van der Waals surface area contributed by atoms with Gasteiger partial charge in [0.05, 0.1) is 38.1 Å². The van der Waals surface area contributed by atoms with E-state index in [-0.39, 0.29) is 64.4 Å². The number of aromatic nitrogens is 8. The number of fused-ring (bicyclic) bond motifs is 2. The number of alkyl halides is 4. The van der Waals surface area contributed by atoms with E-state index in [0.29, 0.717) is 12.4 Å². The highest BCUT2D eigenvalue weighted by molar-refractivity contribution is 7.84. The van der Waals surface area contributed by atoms with E-state index in [1.54, 1.807) is 90.1 Å². The van der Waals surface area contributed by atoms with Gasteiger partial charge in [-0.15, -0.1) is 0 Å². The molecule has 8 rings (SSSR count). The van der Waals surface area contributed by atoms with Crippen LogP contribution in [0.1, 0.15) is 81.7 Å². The summed E-state index contributed by atoms with van der Waals surface area (Å²) in [7, 11) is -4.59. The molecule has 0 radical (unpaired) electrons. The zero-order chi connectivity index (χ0) is 63.0. The summed E-state index contributed by atoms with van der Waals surface area (Å²) in [5.41, 5.74) is 6.97. The fourth-order valence-electron chi connectivity index (χ4n) is 8.15. The number of ether oxygens (including phenoxy) is 6. The van der Waals surface area contributed by atoms with Gasteiger partial charge in [-0.3, -0.25) is 23.2 Å². The van der Waals surface area contributed by atoms with E-state index in [0.717, 1.165) is 29.3 Å². The maximum absolute atomic E-state index is 16.2. The highest BCUT2D eigenvalue weighted by atomic mass is 35.7. The van der Waals surface area contributed by atoms with Gasteiger partial charge < -0.3 is 64.3 Å². The van der Waals surface area contributed by atoms with E-state index in [4.69, 9.17) is 69.8 Å². The van der Waals surface area contributed by atoms with E-state index in [2.05, 4.69) is 40.1 Å². The SMILES string of the molecule is CC(C)OC(=O)[C@H](C)NP(=O)(Cl)Oc1ccccc1.CCOc1nc(N)nc2c1ncn2[C@@H]1O[C@](F)(CO)[C@@H](F)[C@@]1(C)O.CCOc1nc(N)nc2c1ncn2[C@@H]1O[C@](F)(COP(=O)(N[C@@H](C)C(=O)OC(C)C)Oc2ccccc2)[C@@H](F)[C@@]1(C)O. The Morgan fingerprint density at radius 2 is 1.09 bits per heavy atom. The van der Waals surface area contributed by atoms with Gasteiger partial charge in [0.1, 0.15) is 48.0 Å². The molecule has 2 unspecified atom stereocenters. The van der Waals surface area contributed by atoms with E-state index >= 15 is 8.78 Å². The van der Waals surface area contributed by atoms with E-state index < -0.39 is 106 Å². The van der Waals surface area contributed by atoms with Gasteiger partial charge in [0.15, 0.2) is 47.1 Å². The molecule has 0 bridgehead atoms. The zero-order valence-corrected chi connectivity index (χ0v) is 50.1. The van der Waals surface area contributed by atoms with Crippen molar-refractivity contribution in [2.75, 3.05) is 37.9 Å². The number of nitrogens with two attached hydrogens (primary N) is 2. The number of imidazole rings is 2. The van der Waals surface area contributed by atoms with Gasteiger partial charge >= 0.3 is 26.6 Å². The second-order valence-electron chi connectivity index (χ2n) is 19.9. The number of aliphatic hydroxyl groups excluding tert-OH is 1. The number of anilines is 2. The predicted octanol–water partition coefficient (Wildman–Crippen LogP) is 6.65. The van der Waals surface area contributed by atoms with E-state index in [1.165, 1.54) is 32.3 Å². The third-order valence-corrected chi connectivity index (χ3v) is 15.2. The summed E-state index contributed by atoms with van der Waals surface area (Å²) >= 11 is 5.76. The van der Waals surface area contributed by atoms with Crippen molar-refractivity contribution in [1.82, 2.24) is 49.2 Å². The highest BCUT2D eigenvalue weighted by Crippen LogP contribution is 2.53. The number of rotatable bonds is 22. The summed E-state index contributed by atoms with van der Waals surface area (Å²) in [6.45, 7) is 9.33. The van der Waals surface area contributed by atoms with Crippen LogP contribution < -0.4 is 40.2 Å². The maximum Gasteiger partial charge on any atom is 0.459 e. The first kappa shape index (κ1) is 67.6. The third-order valence-electron chi connectivity index (χ3n) is 12.0. The van der Waals surface area contributed by atoms with Crippen LogP contribution in [0.3, 0.4) is 0 Å². The molecular formula is C50H67ClF4N12O16P2. The first-order chi connectivity index (χ1) is 39.7. The Balaban J connectivity index is 0.000000226. The smallest absolute Gasteiger partial charge is 0.459 e. The number of benzene rings is 2. The topological polar surface area (TPSA) is 375 Å². The standard InChI is InChI=1S/C25H33F2N6O8P.C13H17F2N5O4.C12H17ClNO4P/c1-6-37-19-17-18(30-23(28)31-19)33(13-29-17)22-24(5,35)21(26)25(27,40-22)12-38-42(36,41-16-10-8-7-9-11-16)32-15(4)20(34)39-14(2)3;1-3-23-8-6-7(18-11(16)19-8)20(5-17-6)10-12(2,22)9(14)13(15,4-21)24-10;1-9(2)17-12(15)10(3)14-19(13,16)18-11-7-5-4-6-8-11/h7-11,13-15,21-22,35H,6,12H2,1-5H3,(H,32,36)(H2,28,30,31);5,9-10,21-22H,3-4H2,1-2H3,(H2,16,18,19);4-10H,1-3H3,(H,14,16)/t15-,21-,22+,24+,25+,42?;9-,10+,12+,13+;10-,19?/m000/s1. The van der Waals surface area contributed by atoms with Crippen LogP contribution in [0.2, 0.25) is 0 Å². The minimum atomic E-state index is -4.59. The lowest BCUT2D eigenvalue weighted by Crippen LogP contribution is -2.46. The van der Waals surface area contributed by atoms with Gasteiger partial charge in [0.2, 0.25) is 23.7 Å². The average Bonchev–Trinajstić information content (AvgIpc) is 1.63. The van der Waals surface area contributed by atoms with Crippen molar-refractivity contribution >= 4 is 72.0 Å². The summed E-state index contributed by atoms with van der Waals surface area (Å²) in [4.78, 5) is 48.0. The number of hydrogen-bond acceptors (Lipinski definition) is 24. The molecule has 0 spiro atoms. The van der Waals surface area contributed by atoms with Crippen LogP contribution in [0.5, 0.6) is 23.3 Å². The summed E-state index contributed by atoms with van der Waals surface area (Å²) < 4.78 is 135. The van der Waals surface area contributed by atoms with Crippen LogP contribution in [0.15, 0.2) is 73.3 Å². The van der Waals surface area contributed by atoms with Crippen molar-refractivity contribution in [3.8, 4) is 23.3 Å². The number of para-hydroxylation sites is 2. The molecular weight excluding hydrogens is 1200 g/mol. The normalized spacial score (nSPS) is 25.8. The van der Waals surface area contributed by atoms with Crippen LogP contribution >= 0.6 is 25.9 Å². The van der Waals surface area contributed by atoms with Crippen LogP contribution in [0, 0.1) is 0 Å². The highest BCUT2D eigenvalue weighted by Gasteiger charge is 2.66. The Morgan fingerprint density at radius 3 is 1.49 bits per heavy atom. The lowest BCUT2D eigenvalue weighted by molar-refractivity contribution is -0.196. The summed E-state index contributed by atoms with van der Waals surface area (Å²) in [5.74, 6) is -7.55. The monoisotopic (exact) mass is 1260 g/mol. The van der Waals surface area contributed by atoms with Crippen LogP contribution in [-0.2, 0) is 42.2 Å². The first-order valence-electron chi connectivity index (χ1n) is 26.1. The molecule has 6 heterocycles. The van der Waals surface area contributed by atoms with E-state index in [9.17, 15) is 37.7 Å². The Hall–Kier alpha value is -6.57. The number of esters is 2. The molecule has 0 saturated carbocycles. The number of nitrogens with zero attached hydrogens (tertiary/aromatic N) is 8. The van der Waals surface area contributed by atoms with Crippen molar-refractivity contribution in [3.05, 3.63) is 73.3 Å². The molecule has 0 amide bonds. The molecule has 12 atom stereocenters. The van der Waals surface area contributed by atoms with Crippen molar-refractivity contribution in [2.45, 2.75) is 141 Å². The lowest BCUT2D eigenvalue weighted by atomic mass is 9.97. The Labute approximate surface area is 489 Å². The molecule has 4 aromatic heterocycles. The number of nitrogen functional groups attached to an aromatic ring is 2. The predicted molar refractivity (Wildman–Crippen MR) is 297 cm³/mol. The number of carbonyl (C=O) groups is 2. The Kier molecular flexibility index (Phi) is 21.8. The van der Waals surface area contributed by atoms with Gasteiger partial charge in [0, 0.05) is 11.2 Å². The fourth-order valence-corrected chi connectivity index (χ4v) is 11.4. The fraction of sp³-hybridized carbons (Fsp3) is 0.520. The minimum absolute atomic E-state index is 0.0224. The molecule has 28 nitrogen and oxygen atoms in total. The largest absolute Gasteiger partial charge is 0.476 e. The summed E-state index contributed by atoms with van der Waals surface area (Å²) in [6.07, 6.45) is -6.90. The molecule has 85 heavy (non-hydrogen) atoms. The molecule has 468 valence electrons. The van der Waals surface area contributed by atoms with Crippen LogP contribution in [0.4, 0.5) is 29.5 Å². The van der Waals surface area contributed by atoms with E-state index in [1.807, 2.05) is 0 Å². The molecule has 2 fully saturated rings. The molecule has 35 heteroatoms. The van der Waals surface area contributed by atoms with Crippen molar-refractivity contribution in [3.63, 3.8) is 0 Å². The molecule has 2 aliphatic heterocycles. The van der Waals surface area contributed by atoms with Crippen LogP contribution in [-0.4, -0.2) is 152 Å². The zero-order valence-electron chi connectivity index (χ0n) is 47.5. The van der Waals surface area contributed by atoms with Gasteiger partial charge in [-0.1, -0.05) is 36.4 Å². The second-order valence-corrected chi connectivity index (χ2v) is 24.3. The van der Waals surface area contributed by atoms with Gasteiger partial charge in [0.25, 0.3) is 11.7 Å². The number of hydrogen-bond donors (Lipinski definition) is 7. The van der Waals surface area contributed by atoms with Crippen molar-refractivity contribution in [1.29, 1.82) is 0 Å². The van der Waals surface area contributed by atoms with Gasteiger partial charge in [-0.2, -0.15) is 25.0 Å². The molecule has 2 aliphatic rings. The molecule has 2 saturated heterocycles. The number of carbonyl (C=O) groups excluding carboxylic acids is 2. The molecule has 6 aromatic rings. The Bertz CT molecular complexity index is 3350. The Morgan fingerprint density at radius 1 is 0.694 bits per heavy atom. The number of aliphatic hydroxyl groups is 3. The maximum atomic E-state index is 16.2. The minimum Gasteiger partial charge on any atom is -0.476 e. The summed E-state index contributed by atoms with van der Waals surface area (Å²) in [6, 6.07) is 14.1. The quantitative estimate of drug-likeness (QED) is 0.0212. The van der Waals surface area contributed by atoms with Crippen molar-refractivity contribution in [2.24, 2.45) is 0 Å². The van der Waals surface area contributed by atoms with Crippen LogP contribution in [0.25, 0.3) is 22.3 Å². The first-order valence-corrected chi connectivity index (χ1v) is 30.1. The number of halogens is 5.